The molecule has 1 heterocycles. The van der Waals surface area contributed by atoms with Gasteiger partial charge in [-0.1, -0.05) is 29.8 Å². The van der Waals surface area contributed by atoms with Crippen molar-refractivity contribution in [1.82, 2.24) is 10.2 Å². The summed E-state index contributed by atoms with van der Waals surface area (Å²) in [5.41, 5.74) is 0.0580. The molecule has 0 spiro atoms. The van der Waals surface area contributed by atoms with Gasteiger partial charge >= 0.3 is 6.03 Å². The predicted molar refractivity (Wildman–Crippen MR) is 95.7 cm³/mol. The van der Waals surface area contributed by atoms with Crippen LogP contribution in [0.25, 0.3) is 0 Å². The number of nitrogens with one attached hydrogen (secondary N) is 1. The lowest BCUT2D eigenvalue weighted by Gasteiger charge is -2.23. The van der Waals surface area contributed by atoms with Crippen molar-refractivity contribution in [2.45, 2.75) is 19.4 Å². The molecule has 0 aliphatic carbocycles. The average Bonchev–Trinajstić information content (AvgIpc) is 2.78. The van der Waals surface area contributed by atoms with Gasteiger partial charge < -0.3 is 10.1 Å². The molecule has 2 aromatic carbocycles. The number of ether oxygens (including phenoxy) is 1. The molecule has 0 saturated carbocycles. The van der Waals surface area contributed by atoms with Gasteiger partial charge in [-0.15, -0.1) is 0 Å². The Kier molecular flexibility index (Phi) is 4.87. The second-order valence-corrected chi connectivity index (χ2v) is 6.71. The van der Waals surface area contributed by atoms with Gasteiger partial charge in [-0.25, -0.2) is 9.18 Å². The first-order chi connectivity index (χ1) is 12.3. The van der Waals surface area contributed by atoms with E-state index in [1.807, 2.05) is 25.1 Å². The van der Waals surface area contributed by atoms with E-state index >= 15 is 0 Å². The maximum atomic E-state index is 13.3. The van der Waals surface area contributed by atoms with Crippen LogP contribution in [0.1, 0.15) is 18.1 Å². The largest absolute Gasteiger partial charge is 0.492 e. The van der Waals surface area contributed by atoms with Gasteiger partial charge in [0.2, 0.25) is 0 Å². The van der Waals surface area contributed by atoms with Gasteiger partial charge in [0.05, 0.1) is 6.54 Å². The van der Waals surface area contributed by atoms with Crippen molar-refractivity contribution in [3.05, 3.63) is 64.4 Å². The Hall–Kier alpha value is -2.60. The van der Waals surface area contributed by atoms with Crippen molar-refractivity contribution >= 4 is 23.5 Å². The van der Waals surface area contributed by atoms with E-state index in [4.69, 9.17) is 16.3 Å². The molecule has 26 heavy (non-hydrogen) atoms. The summed E-state index contributed by atoms with van der Waals surface area (Å²) in [5, 5.41) is 2.72. The lowest BCUT2D eigenvalue weighted by molar-refractivity contribution is -0.131. The summed E-state index contributed by atoms with van der Waals surface area (Å²) >= 11 is 6.07. The summed E-state index contributed by atoms with van der Waals surface area (Å²) in [4.78, 5) is 26.2. The van der Waals surface area contributed by atoms with Gasteiger partial charge in [0.15, 0.2) is 0 Å². The summed E-state index contributed by atoms with van der Waals surface area (Å²) < 4.78 is 18.9. The monoisotopic (exact) mass is 376 g/mol. The van der Waals surface area contributed by atoms with Gasteiger partial charge in [-0.2, -0.15) is 0 Å². The molecule has 0 aromatic heterocycles. The zero-order valence-electron chi connectivity index (χ0n) is 14.4. The molecule has 136 valence electrons. The van der Waals surface area contributed by atoms with Gasteiger partial charge in [0, 0.05) is 10.6 Å². The Morgan fingerprint density at radius 3 is 2.69 bits per heavy atom. The third-order valence-electron chi connectivity index (χ3n) is 4.32. The molecule has 1 N–H and O–H groups in total. The van der Waals surface area contributed by atoms with Crippen LogP contribution in [0.5, 0.6) is 5.75 Å². The first-order valence-electron chi connectivity index (χ1n) is 8.10. The first kappa shape index (κ1) is 18.2. The normalized spacial score (nSPS) is 19.6. The van der Waals surface area contributed by atoms with Crippen LogP contribution in [-0.2, 0) is 10.3 Å². The minimum Gasteiger partial charge on any atom is -0.492 e. The van der Waals surface area contributed by atoms with E-state index in [0.29, 0.717) is 11.3 Å². The molecule has 1 fully saturated rings. The fraction of sp³-hybridized carbons (Fsp3) is 0.263. The Bertz CT molecular complexity index is 874. The first-order valence-corrected chi connectivity index (χ1v) is 8.48. The number of urea groups is 1. The molecular weight excluding hydrogens is 359 g/mol. The average molecular weight is 377 g/mol. The Morgan fingerprint density at radius 1 is 1.23 bits per heavy atom. The predicted octanol–water partition coefficient (Wildman–Crippen LogP) is 3.63. The molecular formula is C19H18ClFN2O3. The van der Waals surface area contributed by atoms with E-state index in [1.54, 1.807) is 13.0 Å². The summed E-state index contributed by atoms with van der Waals surface area (Å²) in [6.45, 7) is 3.75. The van der Waals surface area contributed by atoms with Gasteiger partial charge in [0.1, 0.15) is 23.7 Å². The Morgan fingerprint density at radius 2 is 2.00 bits per heavy atom. The zero-order valence-corrected chi connectivity index (χ0v) is 15.1. The van der Waals surface area contributed by atoms with Crippen LogP contribution in [0.3, 0.4) is 0 Å². The number of nitrogens with zero attached hydrogens (tertiary/aromatic N) is 1. The van der Waals surface area contributed by atoms with E-state index in [-0.39, 0.29) is 18.2 Å². The minimum atomic E-state index is -1.34. The molecule has 3 amide bonds. The van der Waals surface area contributed by atoms with Gasteiger partial charge in [-0.05, 0) is 43.7 Å². The van der Waals surface area contributed by atoms with Crippen LogP contribution >= 0.6 is 11.6 Å². The number of hydrogen-bond donors (Lipinski definition) is 1. The Balaban J connectivity index is 1.72. The number of benzene rings is 2. The van der Waals surface area contributed by atoms with Gasteiger partial charge in [-0.3, -0.25) is 9.69 Å². The highest BCUT2D eigenvalue weighted by Gasteiger charge is 2.49. The van der Waals surface area contributed by atoms with E-state index in [9.17, 15) is 14.0 Å². The molecule has 7 heteroatoms. The van der Waals surface area contributed by atoms with Crippen molar-refractivity contribution in [2.24, 2.45) is 0 Å². The number of rotatable bonds is 5. The van der Waals surface area contributed by atoms with E-state index in [2.05, 4.69) is 5.32 Å². The quantitative estimate of drug-likeness (QED) is 0.810. The summed E-state index contributed by atoms with van der Waals surface area (Å²) in [7, 11) is 0. The molecule has 0 bridgehead atoms. The highest BCUT2D eigenvalue weighted by molar-refractivity contribution is 6.32. The summed E-state index contributed by atoms with van der Waals surface area (Å²) in [6, 6.07) is 10.7. The van der Waals surface area contributed by atoms with E-state index in [1.165, 1.54) is 12.1 Å². The Labute approximate surface area is 155 Å². The van der Waals surface area contributed by atoms with Crippen LogP contribution in [-0.4, -0.2) is 30.0 Å². The van der Waals surface area contributed by atoms with Crippen molar-refractivity contribution < 1.29 is 18.7 Å². The number of amides is 3. The van der Waals surface area contributed by atoms with Gasteiger partial charge in [0.25, 0.3) is 5.91 Å². The van der Waals surface area contributed by atoms with E-state index < -0.39 is 23.3 Å². The fourth-order valence-electron chi connectivity index (χ4n) is 2.94. The van der Waals surface area contributed by atoms with E-state index in [0.717, 1.165) is 16.5 Å². The summed E-state index contributed by atoms with van der Waals surface area (Å²) in [5.74, 6) is -0.298. The molecule has 1 saturated heterocycles. The smallest absolute Gasteiger partial charge is 0.325 e. The zero-order chi connectivity index (χ0) is 18.9. The second kappa shape index (κ2) is 6.96. The third-order valence-corrected chi connectivity index (χ3v) is 4.63. The summed E-state index contributed by atoms with van der Waals surface area (Å²) in [6.07, 6.45) is 0. The molecule has 1 aliphatic heterocycles. The number of hydrogen-bond acceptors (Lipinski definition) is 3. The molecule has 2 aromatic rings. The lowest BCUT2D eigenvalue weighted by atomic mass is 9.92. The molecule has 1 unspecified atom stereocenters. The molecule has 0 radical (unpaired) electrons. The SMILES string of the molecule is Cc1cccc(OCCN2C(=O)NC(C)(c3ccc(F)cc3Cl)C2=O)c1. The van der Waals surface area contributed by atoms with Crippen LogP contribution in [0.4, 0.5) is 9.18 Å². The van der Waals surface area contributed by atoms with Crippen LogP contribution in [0.2, 0.25) is 5.02 Å². The highest BCUT2D eigenvalue weighted by atomic mass is 35.5. The number of imide groups is 1. The maximum Gasteiger partial charge on any atom is 0.325 e. The third kappa shape index (κ3) is 3.37. The van der Waals surface area contributed by atoms with Crippen molar-refractivity contribution in [3.63, 3.8) is 0 Å². The van der Waals surface area contributed by atoms with Crippen LogP contribution in [0.15, 0.2) is 42.5 Å². The molecule has 5 nitrogen and oxygen atoms in total. The van der Waals surface area contributed by atoms with Crippen molar-refractivity contribution in [1.29, 1.82) is 0 Å². The maximum absolute atomic E-state index is 13.3. The fourth-order valence-corrected chi connectivity index (χ4v) is 3.29. The highest BCUT2D eigenvalue weighted by Crippen LogP contribution is 2.33. The topological polar surface area (TPSA) is 58.6 Å². The number of aryl methyl sites for hydroxylation is 1. The molecule has 1 atom stereocenters. The van der Waals surface area contributed by atoms with Crippen LogP contribution in [0, 0.1) is 12.7 Å². The van der Waals surface area contributed by atoms with Crippen molar-refractivity contribution in [2.75, 3.05) is 13.2 Å². The van der Waals surface area contributed by atoms with Crippen molar-refractivity contribution in [3.8, 4) is 5.75 Å². The molecule has 3 rings (SSSR count). The number of halogens is 2. The number of carbonyl (C=O) groups is 2. The second-order valence-electron chi connectivity index (χ2n) is 6.30. The minimum absolute atomic E-state index is 0.0824. The number of carbonyl (C=O) groups excluding carboxylic acids is 2. The lowest BCUT2D eigenvalue weighted by Crippen LogP contribution is -2.41. The van der Waals surface area contributed by atoms with Crippen LogP contribution < -0.4 is 10.1 Å². The molecule has 1 aliphatic rings. The standard InChI is InChI=1S/C19H18ClFN2O3/c1-12-4-3-5-14(10-12)26-9-8-23-17(24)19(2,22-18(23)25)15-7-6-13(21)11-16(15)20/h3-7,10-11H,8-9H2,1-2H3,(H,22,25).